The minimum absolute atomic E-state index is 0.475. The molecule has 0 aliphatic heterocycles. The van der Waals surface area contributed by atoms with Crippen molar-refractivity contribution in [3.63, 3.8) is 0 Å². The number of rotatable bonds is 4. The van der Waals surface area contributed by atoms with Crippen molar-refractivity contribution in [2.45, 2.75) is 12.8 Å². The highest BCUT2D eigenvalue weighted by molar-refractivity contribution is 6.30. The third kappa shape index (κ3) is 2.23. The summed E-state index contributed by atoms with van der Waals surface area (Å²) in [6, 6.07) is 7.30. The van der Waals surface area contributed by atoms with Crippen molar-refractivity contribution < 1.29 is 9.90 Å². The molecule has 15 heavy (non-hydrogen) atoms. The van der Waals surface area contributed by atoms with E-state index in [0.29, 0.717) is 11.6 Å². The molecule has 4 heteroatoms. The fourth-order valence-corrected chi connectivity index (χ4v) is 1.68. The maximum Gasteiger partial charge on any atom is 0.311 e. The van der Waals surface area contributed by atoms with Crippen LogP contribution < -0.4 is 5.32 Å². The normalized spacial score (nSPS) is 17.1. The van der Waals surface area contributed by atoms with Gasteiger partial charge in [0.05, 0.1) is 5.41 Å². The van der Waals surface area contributed by atoms with Crippen molar-refractivity contribution in [2.24, 2.45) is 5.41 Å². The second kappa shape index (κ2) is 3.74. The van der Waals surface area contributed by atoms with E-state index >= 15 is 0 Å². The number of hydrogen-bond acceptors (Lipinski definition) is 2. The molecule has 0 atom stereocenters. The van der Waals surface area contributed by atoms with Gasteiger partial charge < -0.3 is 10.4 Å². The van der Waals surface area contributed by atoms with Crippen LogP contribution in [0.4, 0.5) is 5.69 Å². The summed E-state index contributed by atoms with van der Waals surface area (Å²) in [6.45, 7) is 0.475. The highest BCUT2D eigenvalue weighted by Gasteiger charge is 2.49. The van der Waals surface area contributed by atoms with Crippen molar-refractivity contribution >= 4 is 23.3 Å². The quantitative estimate of drug-likeness (QED) is 0.828. The number of carboxylic acid groups (broad SMARTS) is 1. The lowest BCUT2D eigenvalue weighted by Crippen LogP contribution is -2.24. The van der Waals surface area contributed by atoms with Crippen LogP contribution in [0.15, 0.2) is 24.3 Å². The fraction of sp³-hybridized carbons (Fsp3) is 0.364. The molecule has 80 valence electrons. The molecule has 0 radical (unpaired) electrons. The van der Waals surface area contributed by atoms with Crippen LogP contribution >= 0.6 is 11.6 Å². The fourth-order valence-electron chi connectivity index (χ4n) is 1.49. The van der Waals surface area contributed by atoms with Gasteiger partial charge in [-0.2, -0.15) is 0 Å². The summed E-state index contributed by atoms with van der Waals surface area (Å²) in [7, 11) is 0. The first-order valence-corrected chi connectivity index (χ1v) is 5.23. The Balaban J connectivity index is 1.96. The molecule has 1 aliphatic rings. The Morgan fingerprint density at radius 2 is 2.27 bits per heavy atom. The standard InChI is InChI=1S/C11H12ClNO2/c12-8-2-1-3-9(6-8)13-7-11(4-5-11)10(14)15/h1-3,6,13H,4-5,7H2,(H,14,15). The molecular weight excluding hydrogens is 214 g/mol. The number of nitrogens with one attached hydrogen (secondary N) is 1. The van der Waals surface area contributed by atoms with Crippen LogP contribution in [0.25, 0.3) is 0 Å². The van der Waals surface area contributed by atoms with Gasteiger partial charge in [0.2, 0.25) is 0 Å². The van der Waals surface area contributed by atoms with Gasteiger partial charge in [0, 0.05) is 17.3 Å². The molecule has 0 unspecified atom stereocenters. The molecule has 2 rings (SSSR count). The molecule has 1 aromatic carbocycles. The summed E-state index contributed by atoms with van der Waals surface area (Å²) in [4.78, 5) is 10.9. The van der Waals surface area contributed by atoms with Gasteiger partial charge in [-0.25, -0.2) is 0 Å². The number of carboxylic acids is 1. The second-order valence-electron chi connectivity index (χ2n) is 3.95. The van der Waals surface area contributed by atoms with E-state index < -0.39 is 11.4 Å². The highest BCUT2D eigenvalue weighted by Crippen LogP contribution is 2.45. The zero-order valence-electron chi connectivity index (χ0n) is 8.16. The third-order valence-electron chi connectivity index (χ3n) is 2.76. The third-order valence-corrected chi connectivity index (χ3v) is 3.00. The van der Waals surface area contributed by atoms with Crippen molar-refractivity contribution in [1.29, 1.82) is 0 Å². The van der Waals surface area contributed by atoms with Crippen LogP contribution in [0.5, 0.6) is 0 Å². The van der Waals surface area contributed by atoms with Crippen LogP contribution in [0.2, 0.25) is 5.02 Å². The zero-order valence-corrected chi connectivity index (χ0v) is 8.92. The maximum atomic E-state index is 10.9. The molecule has 0 amide bonds. The van der Waals surface area contributed by atoms with E-state index in [1.54, 1.807) is 12.1 Å². The second-order valence-corrected chi connectivity index (χ2v) is 4.39. The SMILES string of the molecule is O=C(O)C1(CNc2cccc(Cl)c2)CC1. The van der Waals surface area contributed by atoms with E-state index in [1.165, 1.54) is 0 Å². The van der Waals surface area contributed by atoms with Crippen LogP contribution in [-0.4, -0.2) is 17.6 Å². The van der Waals surface area contributed by atoms with Gasteiger partial charge >= 0.3 is 5.97 Å². The first-order valence-electron chi connectivity index (χ1n) is 4.85. The number of aliphatic carboxylic acids is 1. The Morgan fingerprint density at radius 1 is 1.53 bits per heavy atom. The Morgan fingerprint density at radius 3 is 2.80 bits per heavy atom. The summed E-state index contributed by atoms with van der Waals surface area (Å²) < 4.78 is 0. The molecule has 1 fully saturated rings. The smallest absolute Gasteiger partial charge is 0.311 e. The van der Waals surface area contributed by atoms with Crippen LogP contribution in [0, 0.1) is 5.41 Å². The zero-order chi connectivity index (χ0) is 10.9. The summed E-state index contributed by atoms with van der Waals surface area (Å²) in [5.74, 6) is -0.711. The summed E-state index contributed by atoms with van der Waals surface area (Å²) >= 11 is 5.82. The Labute approximate surface area is 93.1 Å². The van der Waals surface area contributed by atoms with Gasteiger partial charge in [0.1, 0.15) is 0 Å². The van der Waals surface area contributed by atoms with E-state index in [4.69, 9.17) is 16.7 Å². The number of anilines is 1. The van der Waals surface area contributed by atoms with Crippen molar-refractivity contribution in [3.05, 3.63) is 29.3 Å². The predicted molar refractivity (Wildman–Crippen MR) is 59.2 cm³/mol. The van der Waals surface area contributed by atoms with E-state index in [2.05, 4.69) is 5.32 Å². The van der Waals surface area contributed by atoms with E-state index in [1.807, 2.05) is 12.1 Å². The van der Waals surface area contributed by atoms with Gasteiger partial charge in [-0.1, -0.05) is 17.7 Å². The van der Waals surface area contributed by atoms with Gasteiger partial charge in [-0.3, -0.25) is 4.79 Å². The van der Waals surface area contributed by atoms with Gasteiger partial charge in [0.15, 0.2) is 0 Å². The highest BCUT2D eigenvalue weighted by atomic mass is 35.5. The van der Waals surface area contributed by atoms with Gasteiger partial charge in [0.25, 0.3) is 0 Å². The topological polar surface area (TPSA) is 49.3 Å². The lowest BCUT2D eigenvalue weighted by atomic mass is 10.1. The summed E-state index contributed by atoms with van der Waals surface area (Å²) in [5.41, 5.74) is 0.331. The first-order chi connectivity index (χ1) is 7.12. The molecule has 0 bridgehead atoms. The molecule has 2 N–H and O–H groups in total. The van der Waals surface area contributed by atoms with Gasteiger partial charge in [-0.05, 0) is 31.0 Å². The lowest BCUT2D eigenvalue weighted by Gasteiger charge is -2.12. The van der Waals surface area contributed by atoms with Crippen molar-refractivity contribution in [2.75, 3.05) is 11.9 Å². The van der Waals surface area contributed by atoms with E-state index in [0.717, 1.165) is 18.5 Å². The molecule has 0 spiro atoms. The van der Waals surface area contributed by atoms with Crippen LogP contribution in [0.3, 0.4) is 0 Å². The summed E-state index contributed by atoms with van der Waals surface area (Å²) in [5, 5.41) is 12.7. The monoisotopic (exact) mass is 225 g/mol. The Kier molecular flexibility index (Phi) is 2.57. The minimum atomic E-state index is -0.711. The number of halogens is 1. The van der Waals surface area contributed by atoms with Gasteiger partial charge in [-0.15, -0.1) is 0 Å². The van der Waals surface area contributed by atoms with E-state index in [-0.39, 0.29) is 0 Å². The molecule has 3 nitrogen and oxygen atoms in total. The average molecular weight is 226 g/mol. The number of carbonyl (C=O) groups is 1. The first kappa shape index (κ1) is 10.3. The average Bonchev–Trinajstić information content (AvgIpc) is 2.96. The molecule has 0 aromatic heterocycles. The van der Waals surface area contributed by atoms with E-state index in [9.17, 15) is 4.79 Å². The van der Waals surface area contributed by atoms with Crippen LogP contribution in [-0.2, 0) is 4.79 Å². The molecule has 1 aliphatic carbocycles. The lowest BCUT2D eigenvalue weighted by molar-refractivity contribution is -0.142. The molecule has 1 saturated carbocycles. The Bertz CT molecular complexity index is 388. The predicted octanol–water partition coefficient (Wildman–Crippen LogP) is 2.62. The molecule has 0 saturated heterocycles. The number of hydrogen-bond donors (Lipinski definition) is 2. The number of benzene rings is 1. The summed E-state index contributed by atoms with van der Waals surface area (Å²) in [6.07, 6.45) is 1.52. The largest absolute Gasteiger partial charge is 0.481 e. The minimum Gasteiger partial charge on any atom is -0.481 e. The molecular formula is C11H12ClNO2. The maximum absolute atomic E-state index is 10.9. The molecule has 0 heterocycles. The van der Waals surface area contributed by atoms with Crippen molar-refractivity contribution in [3.8, 4) is 0 Å². The van der Waals surface area contributed by atoms with Crippen molar-refractivity contribution in [1.82, 2.24) is 0 Å². The molecule has 1 aromatic rings. The van der Waals surface area contributed by atoms with Crippen LogP contribution in [0.1, 0.15) is 12.8 Å². The Hall–Kier alpha value is -1.22.